The first kappa shape index (κ1) is 17.0. The van der Waals surface area contributed by atoms with Gasteiger partial charge in [-0.2, -0.15) is 0 Å². The van der Waals surface area contributed by atoms with Crippen molar-refractivity contribution in [2.45, 2.75) is 31.6 Å². The lowest BCUT2D eigenvalue weighted by Crippen LogP contribution is -2.13. The van der Waals surface area contributed by atoms with Crippen LogP contribution in [0, 0.1) is 0 Å². The predicted octanol–water partition coefficient (Wildman–Crippen LogP) is 5.07. The van der Waals surface area contributed by atoms with Crippen LogP contribution >= 0.6 is 15.9 Å². The van der Waals surface area contributed by atoms with Crippen molar-refractivity contribution in [1.82, 2.24) is 4.98 Å². The van der Waals surface area contributed by atoms with Crippen LogP contribution < -0.4 is 5.32 Å². The third-order valence-electron chi connectivity index (χ3n) is 4.36. The van der Waals surface area contributed by atoms with Crippen LogP contribution in [-0.2, 0) is 4.79 Å². The van der Waals surface area contributed by atoms with E-state index < -0.39 is 0 Å². The van der Waals surface area contributed by atoms with Gasteiger partial charge in [0, 0.05) is 34.5 Å². The molecule has 3 aromatic rings. The molecule has 0 spiro atoms. The van der Waals surface area contributed by atoms with Crippen LogP contribution in [-0.4, -0.2) is 16.7 Å². The van der Waals surface area contributed by atoms with Crippen molar-refractivity contribution in [2.75, 3.05) is 5.32 Å². The van der Waals surface area contributed by atoms with Gasteiger partial charge in [0.15, 0.2) is 17.3 Å². The van der Waals surface area contributed by atoms with E-state index in [1.807, 2.05) is 18.2 Å². The summed E-state index contributed by atoms with van der Waals surface area (Å²) in [6.45, 7) is 0. The van der Waals surface area contributed by atoms with Crippen LogP contribution in [0.2, 0.25) is 0 Å². The van der Waals surface area contributed by atoms with Gasteiger partial charge in [-0.15, -0.1) is 0 Å². The van der Waals surface area contributed by atoms with Crippen LogP contribution in [0.4, 0.5) is 5.69 Å². The largest absolute Gasteiger partial charge is 0.440 e. The standard InChI is InChI=1S/C20H17BrN2O3/c21-14-5-3-12(4-6-14)17(24)8-10-19(25)22-15-7-9-18-16(11-15)23-20(26-18)13-1-2-13/h3-7,9,11,13H,1-2,8,10H2,(H,22,25). The fourth-order valence-electron chi connectivity index (χ4n) is 2.76. The number of carbonyl (C=O) groups is 2. The molecule has 132 valence electrons. The van der Waals surface area contributed by atoms with Gasteiger partial charge in [0.25, 0.3) is 0 Å². The maximum absolute atomic E-state index is 12.1. The average molecular weight is 413 g/mol. The number of fused-ring (bicyclic) bond motifs is 1. The summed E-state index contributed by atoms with van der Waals surface area (Å²) in [5.74, 6) is 0.989. The van der Waals surface area contributed by atoms with Crippen molar-refractivity contribution in [3.8, 4) is 0 Å². The first-order valence-electron chi connectivity index (χ1n) is 8.57. The van der Waals surface area contributed by atoms with E-state index in [0.29, 0.717) is 17.2 Å². The molecule has 2 aromatic carbocycles. The summed E-state index contributed by atoms with van der Waals surface area (Å²) < 4.78 is 6.63. The van der Waals surface area contributed by atoms with Crippen molar-refractivity contribution < 1.29 is 14.0 Å². The highest BCUT2D eigenvalue weighted by Gasteiger charge is 2.28. The van der Waals surface area contributed by atoms with Crippen molar-refractivity contribution in [1.29, 1.82) is 0 Å². The smallest absolute Gasteiger partial charge is 0.224 e. The topological polar surface area (TPSA) is 72.2 Å². The molecule has 1 aromatic heterocycles. The minimum Gasteiger partial charge on any atom is -0.440 e. The molecule has 0 atom stereocenters. The van der Waals surface area contributed by atoms with Gasteiger partial charge in [-0.1, -0.05) is 28.1 Å². The molecule has 6 heteroatoms. The van der Waals surface area contributed by atoms with Gasteiger partial charge in [-0.05, 0) is 43.2 Å². The first-order valence-corrected chi connectivity index (χ1v) is 9.37. The molecule has 0 aliphatic heterocycles. The zero-order valence-electron chi connectivity index (χ0n) is 14.0. The van der Waals surface area contributed by atoms with E-state index in [9.17, 15) is 9.59 Å². The fraction of sp³-hybridized carbons (Fsp3) is 0.250. The zero-order chi connectivity index (χ0) is 18.1. The van der Waals surface area contributed by atoms with Crippen molar-refractivity contribution in [3.05, 3.63) is 58.4 Å². The summed E-state index contributed by atoms with van der Waals surface area (Å²) in [6.07, 6.45) is 2.57. The van der Waals surface area contributed by atoms with Gasteiger partial charge in [-0.3, -0.25) is 9.59 Å². The molecule has 5 nitrogen and oxygen atoms in total. The second-order valence-electron chi connectivity index (χ2n) is 6.49. The molecule has 0 bridgehead atoms. The average Bonchev–Trinajstić information content (AvgIpc) is 3.40. The number of halogens is 1. The Morgan fingerprint density at radius 2 is 1.88 bits per heavy atom. The number of nitrogens with one attached hydrogen (secondary N) is 1. The number of hydrogen-bond donors (Lipinski definition) is 1. The molecule has 4 rings (SSSR count). The molecule has 1 saturated carbocycles. The first-order chi connectivity index (χ1) is 12.6. The number of aromatic nitrogens is 1. The lowest BCUT2D eigenvalue weighted by Gasteiger charge is -2.05. The molecular formula is C20H17BrN2O3. The Morgan fingerprint density at radius 3 is 2.62 bits per heavy atom. The highest BCUT2D eigenvalue weighted by Crippen LogP contribution is 2.40. The fourth-order valence-corrected chi connectivity index (χ4v) is 3.02. The van der Waals surface area contributed by atoms with Crippen molar-refractivity contribution in [3.63, 3.8) is 0 Å². The maximum atomic E-state index is 12.1. The summed E-state index contributed by atoms with van der Waals surface area (Å²) in [7, 11) is 0. The molecule has 1 fully saturated rings. The van der Waals surface area contributed by atoms with Gasteiger partial charge >= 0.3 is 0 Å². The quantitative estimate of drug-likeness (QED) is 0.573. The number of carbonyl (C=O) groups excluding carboxylic acids is 2. The number of hydrogen-bond acceptors (Lipinski definition) is 4. The molecule has 0 unspecified atom stereocenters. The Kier molecular flexibility index (Phi) is 4.59. The molecule has 1 aliphatic carbocycles. The summed E-state index contributed by atoms with van der Waals surface area (Å²) >= 11 is 3.34. The number of rotatable bonds is 6. The number of ketones is 1. The van der Waals surface area contributed by atoms with Gasteiger partial charge in [0.05, 0.1) is 0 Å². The highest BCUT2D eigenvalue weighted by molar-refractivity contribution is 9.10. The van der Waals surface area contributed by atoms with Crippen molar-refractivity contribution >= 4 is 44.4 Å². The minimum atomic E-state index is -0.194. The van der Waals surface area contributed by atoms with Gasteiger partial charge in [0.2, 0.25) is 5.91 Å². The zero-order valence-corrected chi connectivity index (χ0v) is 15.6. The third kappa shape index (κ3) is 3.85. The molecule has 1 heterocycles. The van der Waals surface area contributed by atoms with E-state index in [4.69, 9.17) is 4.42 Å². The number of nitrogens with zero attached hydrogens (tertiary/aromatic N) is 1. The Bertz CT molecular complexity index is 974. The molecule has 1 amide bonds. The Labute approximate surface area is 158 Å². The lowest BCUT2D eigenvalue weighted by atomic mass is 10.1. The van der Waals surface area contributed by atoms with Crippen LogP contribution in [0.25, 0.3) is 11.1 Å². The van der Waals surface area contributed by atoms with Crippen LogP contribution in [0.3, 0.4) is 0 Å². The molecular weight excluding hydrogens is 396 g/mol. The number of Topliss-reactive ketones (excluding diaryl/α,β-unsaturated/α-hetero) is 1. The van der Waals surface area contributed by atoms with Crippen LogP contribution in [0.1, 0.15) is 47.8 Å². The summed E-state index contributed by atoms with van der Waals surface area (Å²) in [5, 5.41) is 2.82. The molecule has 0 radical (unpaired) electrons. The van der Waals surface area contributed by atoms with Crippen LogP contribution in [0.5, 0.6) is 0 Å². The van der Waals surface area contributed by atoms with E-state index >= 15 is 0 Å². The summed E-state index contributed by atoms with van der Waals surface area (Å²) in [4.78, 5) is 28.8. The SMILES string of the molecule is O=C(CCC(=O)c1ccc(Br)cc1)Nc1ccc2oc(C3CC3)nc2c1. The molecule has 0 saturated heterocycles. The molecule has 26 heavy (non-hydrogen) atoms. The Hall–Kier alpha value is -2.47. The normalized spacial score (nSPS) is 13.7. The number of amides is 1. The summed E-state index contributed by atoms with van der Waals surface area (Å²) in [5.41, 5.74) is 2.75. The monoisotopic (exact) mass is 412 g/mol. The van der Waals surface area contributed by atoms with E-state index in [1.54, 1.807) is 24.3 Å². The second kappa shape index (κ2) is 7.03. The predicted molar refractivity (Wildman–Crippen MR) is 102 cm³/mol. The van der Waals surface area contributed by atoms with Crippen molar-refractivity contribution in [2.24, 2.45) is 0 Å². The minimum absolute atomic E-state index is 0.0475. The number of anilines is 1. The van der Waals surface area contributed by atoms with Crippen LogP contribution in [0.15, 0.2) is 51.4 Å². The second-order valence-corrected chi connectivity index (χ2v) is 7.40. The molecule has 1 aliphatic rings. The van der Waals surface area contributed by atoms with E-state index in [0.717, 1.165) is 34.3 Å². The maximum Gasteiger partial charge on any atom is 0.224 e. The molecule has 1 N–H and O–H groups in total. The Balaban J connectivity index is 1.36. The highest BCUT2D eigenvalue weighted by atomic mass is 79.9. The van der Waals surface area contributed by atoms with Gasteiger partial charge in [0.1, 0.15) is 5.52 Å². The van der Waals surface area contributed by atoms with Gasteiger partial charge < -0.3 is 9.73 Å². The van der Waals surface area contributed by atoms with E-state index in [-0.39, 0.29) is 24.5 Å². The summed E-state index contributed by atoms with van der Waals surface area (Å²) in [6, 6.07) is 12.5. The Morgan fingerprint density at radius 1 is 1.12 bits per heavy atom. The van der Waals surface area contributed by atoms with E-state index in [2.05, 4.69) is 26.2 Å². The lowest BCUT2D eigenvalue weighted by molar-refractivity contribution is -0.116. The van der Waals surface area contributed by atoms with Gasteiger partial charge in [-0.25, -0.2) is 4.98 Å². The van der Waals surface area contributed by atoms with E-state index in [1.165, 1.54) is 0 Å². The third-order valence-corrected chi connectivity index (χ3v) is 4.89. The number of oxazole rings is 1. The number of benzene rings is 2.